The first-order chi connectivity index (χ1) is 8.58. The third kappa shape index (κ3) is 4.10. The van der Waals surface area contributed by atoms with E-state index in [1.807, 2.05) is 0 Å². The van der Waals surface area contributed by atoms with Crippen LogP contribution in [0.15, 0.2) is 0 Å². The van der Waals surface area contributed by atoms with Crippen LogP contribution >= 0.6 is 0 Å². The van der Waals surface area contributed by atoms with E-state index in [9.17, 15) is 14.4 Å². The Morgan fingerprint density at radius 1 is 1.44 bits per heavy atom. The molecule has 0 radical (unpaired) electrons. The number of hydrogen-bond acceptors (Lipinski definition) is 5. The summed E-state index contributed by atoms with van der Waals surface area (Å²) in [5.41, 5.74) is 0. The lowest BCUT2D eigenvalue weighted by molar-refractivity contribution is -0.148. The zero-order chi connectivity index (χ0) is 13.5. The van der Waals surface area contributed by atoms with Gasteiger partial charge in [-0.1, -0.05) is 0 Å². The highest BCUT2D eigenvalue weighted by Gasteiger charge is 2.33. The van der Waals surface area contributed by atoms with Crippen LogP contribution in [0, 0.1) is 5.92 Å². The number of methoxy groups -OCH3 is 2. The fraction of sp³-hybridized carbons (Fsp3) is 0.750. The van der Waals surface area contributed by atoms with Crippen LogP contribution in [0.5, 0.6) is 0 Å². The van der Waals surface area contributed by atoms with Gasteiger partial charge in [0.05, 0.1) is 7.11 Å². The maximum atomic E-state index is 11.7. The Morgan fingerprint density at radius 2 is 2.17 bits per heavy atom. The highest BCUT2D eigenvalue weighted by Crippen LogP contribution is 2.25. The van der Waals surface area contributed by atoms with Crippen molar-refractivity contribution in [2.75, 3.05) is 20.8 Å². The summed E-state index contributed by atoms with van der Waals surface area (Å²) >= 11 is 0. The summed E-state index contributed by atoms with van der Waals surface area (Å²) in [7, 11) is 2.67. The summed E-state index contributed by atoms with van der Waals surface area (Å²) in [4.78, 5) is 34.5. The molecule has 6 nitrogen and oxygen atoms in total. The number of nitrogens with one attached hydrogen (secondary N) is 1. The second-order valence-corrected chi connectivity index (χ2v) is 4.40. The fourth-order valence-corrected chi connectivity index (χ4v) is 2.18. The quantitative estimate of drug-likeness (QED) is 0.704. The smallest absolute Gasteiger partial charge is 0.328 e. The molecule has 2 atom stereocenters. The number of carbonyl (C=O) groups is 3. The Hall–Kier alpha value is -1.43. The Labute approximate surface area is 106 Å². The van der Waals surface area contributed by atoms with Gasteiger partial charge in [-0.2, -0.15) is 0 Å². The number of hydrogen-bond donors (Lipinski definition) is 1. The van der Waals surface area contributed by atoms with E-state index in [0.29, 0.717) is 12.8 Å². The molecule has 0 saturated heterocycles. The lowest BCUT2D eigenvalue weighted by atomic mass is 9.83. The van der Waals surface area contributed by atoms with Gasteiger partial charge in [-0.25, -0.2) is 4.79 Å². The number of Topliss-reactive ketones (excluding diaryl/α,β-unsaturated/α-hetero) is 1. The number of ketones is 1. The van der Waals surface area contributed by atoms with Crippen LogP contribution in [0.25, 0.3) is 0 Å². The zero-order valence-corrected chi connectivity index (χ0v) is 10.7. The summed E-state index contributed by atoms with van der Waals surface area (Å²) in [6.07, 6.45) is 2.35. The van der Waals surface area contributed by atoms with E-state index in [1.54, 1.807) is 0 Å². The molecule has 0 heterocycles. The van der Waals surface area contributed by atoms with E-state index in [4.69, 9.17) is 4.74 Å². The van der Waals surface area contributed by atoms with Crippen LogP contribution < -0.4 is 5.32 Å². The van der Waals surface area contributed by atoms with Crippen molar-refractivity contribution in [3.63, 3.8) is 0 Å². The van der Waals surface area contributed by atoms with Crippen molar-refractivity contribution in [3.05, 3.63) is 0 Å². The molecule has 0 bridgehead atoms. The average molecular weight is 257 g/mol. The van der Waals surface area contributed by atoms with Crippen molar-refractivity contribution in [2.45, 2.75) is 31.7 Å². The van der Waals surface area contributed by atoms with Gasteiger partial charge in [0.25, 0.3) is 0 Å². The van der Waals surface area contributed by atoms with Crippen molar-refractivity contribution in [2.24, 2.45) is 5.92 Å². The minimum atomic E-state index is -0.762. The third-order valence-corrected chi connectivity index (χ3v) is 3.04. The molecule has 0 aromatic rings. The monoisotopic (exact) mass is 257 g/mol. The van der Waals surface area contributed by atoms with Crippen LogP contribution in [0.1, 0.15) is 25.7 Å². The molecular formula is C12H19NO5. The van der Waals surface area contributed by atoms with E-state index in [1.165, 1.54) is 14.2 Å². The lowest BCUT2D eigenvalue weighted by Gasteiger charge is -2.28. The molecule has 102 valence electrons. The van der Waals surface area contributed by atoms with Crippen molar-refractivity contribution in [3.8, 4) is 0 Å². The Balaban J connectivity index is 2.68. The van der Waals surface area contributed by atoms with Crippen LogP contribution in [0.2, 0.25) is 0 Å². The summed E-state index contributed by atoms with van der Waals surface area (Å²) in [6.45, 7) is -0.117. The standard InChI is InChI=1S/C12H19NO5/c1-17-7-10(15)13-11(12(16)18-2)8-4-3-5-9(14)6-8/h8,11H,3-7H2,1-2H3,(H,13,15)/t8-,11-/m0/s1. The lowest BCUT2D eigenvalue weighted by Crippen LogP contribution is -2.48. The van der Waals surface area contributed by atoms with Gasteiger partial charge < -0.3 is 14.8 Å². The van der Waals surface area contributed by atoms with Crippen molar-refractivity contribution in [1.29, 1.82) is 0 Å². The molecule has 1 N–H and O–H groups in total. The van der Waals surface area contributed by atoms with Crippen LogP contribution in [0.4, 0.5) is 0 Å². The fourth-order valence-electron chi connectivity index (χ4n) is 2.18. The molecule has 0 spiro atoms. The van der Waals surface area contributed by atoms with Gasteiger partial charge >= 0.3 is 5.97 Å². The highest BCUT2D eigenvalue weighted by atomic mass is 16.5. The zero-order valence-electron chi connectivity index (χ0n) is 10.7. The third-order valence-electron chi connectivity index (χ3n) is 3.04. The van der Waals surface area contributed by atoms with Gasteiger partial charge in [0.1, 0.15) is 18.4 Å². The Bertz CT molecular complexity index is 328. The molecule has 1 fully saturated rings. The highest BCUT2D eigenvalue weighted by molar-refractivity contribution is 5.86. The van der Waals surface area contributed by atoms with Gasteiger partial charge in [-0.15, -0.1) is 0 Å². The molecular weight excluding hydrogens is 238 g/mol. The predicted octanol–water partition coefficient (Wildman–Crippen LogP) is 0.0499. The molecule has 1 aliphatic rings. The largest absolute Gasteiger partial charge is 0.467 e. The van der Waals surface area contributed by atoms with Crippen molar-refractivity contribution >= 4 is 17.7 Å². The number of ether oxygens (including phenoxy) is 2. The maximum absolute atomic E-state index is 11.7. The Morgan fingerprint density at radius 3 is 2.72 bits per heavy atom. The van der Waals surface area contributed by atoms with Gasteiger partial charge in [0, 0.05) is 20.0 Å². The van der Waals surface area contributed by atoms with E-state index in [0.717, 1.165) is 12.8 Å². The second-order valence-electron chi connectivity index (χ2n) is 4.40. The van der Waals surface area contributed by atoms with E-state index in [2.05, 4.69) is 10.1 Å². The molecule has 1 aliphatic carbocycles. The number of carbonyl (C=O) groups excluding carboxylic acids is 3. The summed E-state index contributed by atoms with van der Waals surface area (Å²) in [5, 5.41) is 2.57. The van der Waals surface area contributed by atoms with Crippen LogP contribution in [-0.4, -0.2) is 44.5 Å². The first-order valence-electron chi connectivity index (χ1n) is 5.96. The summed E-state index contributed by atoms with van der Waals surface area (Å²) in [5.74, 6) is -0.953. The molecule has 6 heteroatoms. The molecule has 0 aromatic heterocycles. The van der Waals surface area contributed by atoms with Gasteiger partial charge in [-0.05, 0) is 18.8 Å². The number of esters is 1. The summed E-state index contributed by atoms with van der Waals surface area (Å²) in [6, 6.07) is -0.762. The molecule has 0 unspecified atom stereocenters. The SMILES string of the molecule is COCC(=O)N[C@H](C(=O)OC)[C@H]1CCCC(=O)C1. The van der Waals surface area contributed by atoms with E-state index in [-0.39, 0.29) is 24.2 Å². The predicted molar refractivity (Wildman–Crippen MR) is 62.8 cm³/mol. The maximum Gasteiger partial charge on any atom is 0.328 e. The normalized spacial score (nSPS) is 21.2. The van der Waals surface area contributed by atoms with E-state index >= 15 is 0 Å². The molecule has 0 aromatic carbocycles. The van der Waals surface area contributed by atoms with Crippen molar-refractivity contribution < 1.29 is 23.9 Å². The van der Waals surface area contributed by atoms with Gasteiger partial charge in [-0.3, -0.25) is 9.59 Å². The molecule has 1 rings (SSSR count). The first kappa shape index (κ1) is 14.6. The molecule has 1 amide bonds. The second kappa shape index (κ2) is 7.10. The minimum absolute atomic E-state index is 0.117. The minimum Gasteiger partial charge on any atom is -0.467 e. The van der Waals surface area contributed by atoms with E-state index < -0.39 is 12.0 Å². The average Bonchev–Trinajstić information content (AvgIpc) is 2.35. The molecule has 1 saturated carbocycles. The van der Waals surface area contributed by atoms with Gasteiger partial charge in [0.2, 0.25) is 5.91 Å². The summed E-state index contributed by atoms with van der Waals surface area (Å²) < 4.78 is 9.37. The molecule has 0 aliphatic heterocycles. The molecule has 18 heavy (non-hydrogen) atoms. The van der Waals surface area contributed by atoms with Crippen LogP contribution in [-0.2, 0) is 23.9 Å². The topological polar surface area (TPSA) is 81.7 Å². The number of rotatable bonds is 5. The Kier molecular flexibility index (Phi) is 5.77. The first-order valence-corrected chi connectivity index (χ1v) is 5.96. The van der Waals surface area contributed by atoms with Crippen molar-refractivity contribution in [1.82, 2.24) is 5.32 Å². The van der Waals surface area contributed by atoms with Gasteiger partial charge in [0.15, 0.2) is 0 Å². The number of amides is 1. The van der Waals surface area contributed by atoms with Crippen LogP contribution in [0.3, 0.4) is 0 Å².